The van der Waals surface area contributed by atoms with Gasteiger partial charge in [-0.2, -0.15) is 0 Å². The number of hydrogen-bond donors (Lipinski definition) is 0. The molecule has 1 nitrogen and oxygen atoms in total. The minimum absolute atomic E-state index is 1.25. The molecule has 0 amide bonds. The van der Waals surface area contributed by atoms with E-state index in [0.29, 0.717) is 0 Å². The van der Waals surface area contributed by atoms with Crippen molar-refractivity contribution in [3.8, 4) is 0 Å². The van der Waals surface area contributed by atoms with Gasteiger partial charge in [0, 0.05) is 12.8 Å². The number of likely N-dealkylation sites (tertiary alicyclic amines) is 1. The molecule has 1 aliphatic heterocycles. The van der Waals surface area contributed by atoms with E-state index in [4.69, 9.17) is 0 Å². The highest BCUT2D eigenvalue weighted by Gasteiger charge is 2.33. The smallest absolute Gasteiger partial charge is 0.132 e. The molecule has 0 radical (unpaired) electrons. The van der Waals surface area contributed by atoms with Crippen molar-refractivity contribution in [2.45, 2.75) is 46.0 Å². The number of aryl methyl sites for hydroxylation is 1. The Balaban J connectivity index is 2.12. The Kier molecular flexibility index (Phi) is 4.22. The topological polar surface area (TPSA) is 0 Å². The van der Waals surface area contributed by atoms with Gasteiger partial charge in [-0.15, -0.1) is 0 Å². The van der Waals surface area contributed by atoms with Crippen LogP contribution in [0.25, 0.3) is 0 Å². The zero-order chi connectivity index (χ0) is 12.1. The van der Waals surface area contributed by atoms with Crippen LogP contribution in [0.2, 0.25) is 0 Å². The van der Waals surface area contributed by atoms with E-state index in [0.717, 1.165) is 0 Å². The Hall–Kier alpha value is -0.820. The molecule has 1 fully saturated rings. The molecule has 0 N–H and O–H groups in total. The summed E-state index contributed by atoms with van der Waals surface area (Å²) in [5, 5.41) is 0. The number of quaternary nitrogens is 1. The molecule has 1 heteroatoms. The van der Waals surface area contributed by atoms with Gasteiger partial charge in [-0.1, -0.05) is 31.0 Å². The number of hydrogen-bond acceptors (Lipinski definition) is 0. The minimum Gasteiger partial charge on any atom is -0.291 e. The highest BCUT2D eigenvalue weighted by atomic mass is 15.4. The standard InChI is InChI=1S/C16H26N/c1-3-4-5-12-17(13-6-7-14-17)16-10-8-15(2)9-11-16/h8-11H,3-7,12-14H2,1-2H3/q+1. The largest absolute Gasteiger partial charge is 0.291 e. The van der Waals surface area contributed by atoms with Gasteiger partial charge in [0.1, 0.15) is 5.69 Å². The van der Waals surface area contributed by atoms with Gasteiger partial charge in [0.25, 0.3) is 0 Å². The SMILES string of the molecule is CCCCC[N+]1(c2ccc(C)cc2)CCCC1. The molecule has 0 spiro atoms. The Bertz CT molecular complexity index is 333. The van der Waals surface area contributed by atoms with Gasteiger partial charge in [-0.25, -0.2) is 0 Å². The Morgan fingerprint density at radius 1 is 1.00 bits per heavy atom. The lowest BCUT2D eigenvalue weighted by molar-refractivity contribution is 0.324. The third-order valence-electron chi connectivity index (χ3n) is 4.19. The zero-order valence-corrected chi connectivity index (χ0v) is 11.4. The van der Waals surface area contributed by atoms with Gasteiger partial charge in [0.15, 0.2) is 0 Å². The molecule has 2 rings (SSSR count). The lowest BCUT2D eigenvalue weighted by Gasteiger charge is -2.34. The number of unbranched alkanes of at least 4 members (excludes halogenated alkanes) is 2. The van der Waals surface area contributed by atoms with Crippen LogP contribution in [0.1, 0.15) is 44.6 Å². The summed E-state index contributed by atoms with van der Waals surface area (Å²) in [7, 11) is 0. The fraction of sp³-hybridized carbons (Fsp3) is 0.625. The molecule has 1 saturated heterocycles. The third-order valence-corrected chi connectivity index (χ3v) is 4.19. The van der Waals surface area contributed by atoms with E-state index < -0.39 is 0 Å². The first-order valence-corrected chi connectivity index (χ1v) is 7.20. The molecule has 0 unspecified atom stereocenters. The first-order chi connectivity index (χ1) is 8.27. The van der Waals surface area contributed by atoms with E-state index >= 15 is 0 Å². The van der Waals surface area contributed by atoms with Crippen LogP contribution in [-0.4, -0.2) is 19.6 Å². The van der Waals surface area contributed by atoms with Crippen LogP contribution in [0, 0.1) is 6.92 Å². The maximum absolute atomic E-state index is 2.35. The summed E-state index contributed by atoms with van der Waals surface area (Å²) in [5.41, 5.74) is 2.92. The Labute approximate surface area is 106 Å². The molecule has 94 valence electrons. The molecule has 1 aromatic rings. The summed E-state index contributed by atoms with van der Waals surface area (Å²) >= 11 is 0. The van der Waals surface area contributed by atoms with Crippen LogP contribution in [0.15, 0.2) is 24.3 Å². The van der Waals surface area contributed by atoms with Crippen LogP contribution in [-0.2, 0) is 0 Å². The van der Waals surface area contributed by atoms with Crippen molar-refractivity contribution in [3.63, 3.8) is 0 Å². The van der Waals surface area contributed by atoms with Crippen molar-refractivity contribution >= 4 is 5.69 Å². The maximum atomic E-state index is 2.35. The predicted octanol–water partition coefficient (Wildman–Crippen LogP) is 4.29. The normalized spacial score (nSPS) is 18.5. The second-order valence-electron chi connectivity index (χ2n) is 5.57. The summed E-state index contributed by atoms with van der Waals surface area (Å²) in [6.45, 7) is 8.52. The van der Waals surface area contributed by atoms with Crippen LogP contribution in [0.3, 0.4) is 0 Å². The van der Waals surface area contributed by atoms with Gasteiger partial charge in [0.2, 0.25) is 0 Å². The van der Waals surface area contributed by atoms with Crippen LogP contribution < -0.4 is 4.48 Å². The summed E-state index contributed by atoms with van der Waals surface area (Å²) in [6, 6.07) is 9.25. The predicted molar refractivity (Wildman–Crippen MR) is 76.3 cm³/mol. The molecule has 0 saturated carbocycles. The highest BCUT2D eigenvalue weighted by Crippen LogP contribution is 2.30. The van der Waals surface area contributed by atoms with Crippen LogP contribution >= 0.6 is 0 Å². The average molecular weight is 232 g/mol. The second kappa shape index (κ2) is 5.68. The number of nitrogens with zero attached hydrogens (tertiary/aromatic N) is 1. The second-order valence-corrected chi connectivity index (χ2v) is 5.57. The molecule has 0 aromatic heterocycles. The summed E-state index contributed by atoms with van der Waals surface area (Å²) < 4.78 is 1.25. The van der Waals surface area contributed by atoms with E-state index in [9.17, 15) is 0 Å². The lowest BCUT2D eigenvalue weighted by atomic mass is 10.1. The summed E-state index contributed by atoms with van der Waals surface area (Å²) in [6.07, 6.45) is 6.89. The minimum atomic E-state index is 1.25. The first-order valence-electron chi connectivity index (χ1n) is 7.20. The van der Waals surface area contributed by atoms with Gasteiger partial charge in [-0.3, -0.25) is 4.48 Å². The molecule has 1 aromatic carbocycles. The summed E-state index contributed by atoms with van der Waals surface area (Å²) in [4.78, 5) is 0. The van der Waals surface area contributed by atoms with Crippen molar-refractivity contribution in [2.24, 2.45) is 0 Å². The van der Waals surface area contributed by atoms with Crippen molar-refractivity contribution < 1.29 is 0 Å². The fourth-order valence-electron chi connectivity index (χ4n) is 3.08. The number of benzene rings is 1. The molecule has 1 heterocycles. The van der Waals surface area contributed by atoms with Gasteiger partial charge in [-0.05, 0) is 31.9 Å². The summed E-state index contributed by atoms with van der Waals surface area (Å²) in [5.74, 6) is 0. The van der Waals surface area contributed by atoms with Crippen LogP contribution in [0.4, 0.5) is 5.69 Å². The van der Waals surface area contributed by atoms with Crippen LogP contribution in [0.5, 0.6) is 0 Å². The average Bonchev–Trinajstić information content (AvgIpc) is 2.80. The monoisotopic (exact) mass is 232 g/mol. The highest BCUT2D eigenvalue weighted by molar-refractivity contribution is 5.44. The quantitative estimate of drug-likeness (QED) is 0.525. The molecule has 0 bridgehead atoms. The Morgan fingerprint density at radius 2 is 1.65 bits per heavy atom. The molecular weight excluding hydrogens is 206 g/mol. The van der Waals surface area contributed by atoms with E-state index in [2.05, 4.69) is 38.1 Å². The van der Waals surface area contributed by atoms with Crippen molar-refractivity contribution in [2.75, 3.05) is 19.6 Å². The van der Waals surface area contributed by atoms with Crippen molar-refractivity contribution in [3.05, 3.63) is 29.8 Å². The van der Waals surface area contributed by atoms with Gasteiger partial charge in [0.05, 0.1) is 19.6 Å². The zero-order valence-electron chi connectivity index (χ0n) is 11.4. The van der Waals surface area contributed by atoms with Gasteiger partial charge >= 0.3 is 0 Å². The fourth-order valence-corrected chi connectivity index (χ4v) is 3.08. The van der Waals surface area contributed by atoms with Crippen molar-refractivity contribution in [1.82, 2.24) is 4.48 Å². The third kappa shape index (κ3) is 2.90. The van der Waals surface area contributed by atoms with E-state index in [1.165, 1.54) is 61.8 Å². The maximum Gasteiger partial charge on any atom is 0.132 e. The molecule has 0 aliphatic carbocycles. The molecular formula is C16H26N+. The number of rotatable bonds is 5. The lowest BCUT2D eigenvalue weighted by Crippen LogP contribution is -2.47. The first kappa shape index (κ1) is 12.6. The van der Waals surface area contributed by atoms with Crippen molar-refractivity contribution in [1.29, 1.82) is 0 Å². The molecule has 1 aliphatic rings. The molecule has 17 heavy (non-hydrogen) atoms. The molecule has 0 atom stereocenters. The Morgan fingerprint density at radius 3 is 2.24 bits per heavy atom. The van der Waals surface area contributed by atoms with E-state index in [1.807, 2.05) is 0 Å². The van der Waals surface area contributed by atoms with E-state index in [1.54, 1.807) is 5.69 Å². The van der Waals surface area contributed by atoms with Gasteiger partial charge < -0.3 is 0 Å². The van der Waals surface area contributed by atoms with E-state index in [-0.39, 0.29) is 0 Å².